The summed E-state index contributed by atoms with van der Waals surface area (Å²) in [5, 5.41) is 3.99. The zero-order valence-electron chi connectivity index (χ0n) is 18.4. The second-order valence-corrected chi connectivity index (χ2v) is 9.04. The number of aromatic nitrogens is 1. The Hall–Kier alpha value is -3.02. The third-order valence-corrected chi connectivity index (χ3v) is 6.81. The molecule has 0 bridgehead atoms. The number of aryl methyl sites for hydroxylation is 2. The summed E-state index contributed by atoms with van der Waals surface area (Å²) in [6.07, 6.45) is 1.49. The molecular formula is C24H17F5IN3O. The van der Waals surface area contributed by atoms with Crippen LogP contribution < -0.4 is 5.01 Å². The van der Waals surface area contributed by atoms with E-state index in [4.69, 9.17) is 0 Å². The van der Waals surface area contributed by atoms with Crippen molar-refractivity contribution in [1.29, 1.82) is 0 Å². The molecule has 0 atom stereocenters. The average Bonchev–Trinajstić information content (AvgIpc) is 3.22. The van der Waals surface area contributed by atoms with Crippen LogP contribution in [0.2, 0.25) is 0 Å². The minimum atomic E-state index is -2.31. The van der Waals surface area contributed by atoms with Crippen molar-refractivity contribution in [2.75, 3.05) is 5.01 Å². The predicted octanol–water partition coefficient (Wildman–Crippen LogP) is 6.51. The van der Waals surface area contributed by atoms with E-state index in [9.17, 15) is 26.7 Å². The van der Waals surface area contributed by atoms with Gasteiger partial charge in [0.2, 0.25) is 5.82 Å². The molecule has 0 saturated carbocycles. The Labute approximate surface area is 205 Å². The van der Waals surface area contributed by atoms with Gasteiger partial charge in [0, 0.05) is 20.6 Å². The molecule has 3 aromatic rings. The first kappa shape index (κ1) is 24.1. The van der Waals surface area contributed by atoms with E-state index in [0.29, 0.717) is 5.56 Å². The molecule has 1 amide bonds. The normalized spacial score (nSPS) is 15.0. The molecule has 34 heavy (non-hydrogen) atoms. The van der Waals surface area contributed by atoms with Crippen molar-refractivity contribution < 1.29 is 26.7 Å². The first-order valence-electron chi connectivity index (χ1n) is 10.0. The Balaban J connectivity index is 1.78. The number of benzene rings is 2. The second-order valence-electron chi connectivity index (χ2n) is 7.87. The zero-order chi connectivity index (χ0) is 25.1. The highest BCUT2D eigenvalue weighted by Crippen LogP contribution is 2.34. The number of carbonyl (C=O) groups excluding carboxylic acids is 1. The van der Waals surface area contributed by atoms with E-state index in [1.54, 1.807) is 0 Å². The molecule has 10 heteroatoms. The van der Waals surface area contributed by atoms with E-state index >= 15 is 0 Å². The van der Waals surface area contributed by atoms with Crippen LogP contribution in [0.1, 0.15) is 29.4 Å². The minimum absolute atomic E-state index is 0.0253. The Morgan fingerprint density at radius 3 is 2.06 bits per heavy atom. The molecule has 0 spiro atoms. The van der Waals surface area contributed by atoms with Crippen molar-refractivity contribution in [3.8, 4) is 5.69 Å². The zero-order valence-corrected chi connectivity index (χ0v) is 20.6. The maximum atomic E-state index is 14.3. The van der Waals surface area contributed by atoms with E-state index in [2.05, 4.69) is 27.7 Å². The van der Waals surface area contributed by atoms with Gasteiger partial charge in [-0.3, -0.25) is 4.79 Å². The lowest BCUT2D eigenvalue weighted by Crippen LogP contribution is -2.25. The topological polar surface area (TPSA) is 37.6 Å². The number of halogens is 6. The largest absolute Gasteiger partial charge is 0.318 e. The van der Waals surface area contributed by atoms with Crippen LogP contribution in [-0.2, 0) is 4.79 Å². The molecule has 0 unspecified atom stereocenters. The van der Waals surface area contributed by atoms with Gasteiger partial charge in [-0.25, -0.2) is 22.0 Å². The van der Waals surface area contributed by atoms with Crippen molar-refractivity contribution in [1.82, 2.24) is 4.57 Å². The van der Waals surface area contributed by atoms with Crippen molar-refractivity contribution in [3.63, 3.8) is 0 Å². The molecule has 0 saturated heterocycles. The van der Waals surface area contributed by atoms with Gasteiger partial charge >= 0.3 is 0 Å². The predicted molar refractivity (Wildman–Crippen MR) is 128 cm³/mol. The van der Waals surface area contributed by atoms with Crippen LogP contribution in [0.15, 0.2) is 34.9 Å². The summed E-state index contributed by atoms with van der Waals surface area (Å²) in [6.45, 7) is 7.15. The molecule has 1 aromatic heterocycles. The third-order valence-electron chi connectivity index (χ3n) is 5.64. The highest BCUT2D eigenvalue weighted by Gasteiger charge is 2.37. The number of hydrazone groups is 1. The number of hydrogen-bond acceptors (Lipinski definition) is 2. The third kappa shape index (κ3) is 3.73. The van der Waals surface area contributed by atoms with E-state index < -0.39 is 40.7 Å². The highest BCUT2D eigenvalue weighted by molar-refractivity contribution is 14.1. The summed E-state index contributed by atoms with van der Waals surface area (Å²) in [4.78, 5) is 13.0. The van der Waals surface area contributed by atoms with Gasteiger partial charge in [0.05, 0.1) is 11.3 Å². The molecule has 0 aliphatic carbocycles. The molecule has 0 radical (unpaired) electrons. The first-order chi connectivity index (χ1) is 15.9. The molecule has 0 fully saturated rings. The number of nitrogens with zero attached hydrogens (tertiary/aromatic N) is 3. The van der Waals surface area contributed by atoms with Crippen LogP contribution in [0.3, 0.4) is 0 Å². The Morgan fingerprint density at radius 1 is 0.882 bits per heavy atom. The van der Waals surface area contributed by atoms with Crippen LogP contribution in [0.4, 0.5) is 27.6 Å². The Kier molecular flexibility index (Phi) is 6.13. The maximum absolute atomic E-state index is 14.3. The highest BCUT2D eigenvalue weighted by atomic mass is 127. The smallest absolute Gasteiger partial charge is 0.280 e. The lowest BCUT2D eigenvalue weighted by atomic mass is 10.1. The van der Waals surface area contributed by atoms with Crippen molar-refractivity contribution >= 4 is 46.0 Å². The van der Waals surface area contributed by atoms with E-state index in [-0.39, 0.29) is 16.3 Å². The fraction of sp³-hybridized carbons (Fsp3) is 0.167. The van der Waals surface area contributed by atoms with Crippen LogP contribution in [-0.4, -0.2) is 16.2 Å². The van der Waals surface area contributed by atoms with Gasteiger partial charge in [-0.1, -0.05) is 6.07 Å². The van der Waals surface area contributed by atoms with Gasteiger partial charge in [-0.15, -0.1) is 0 Å². The molecule has 4 nitrogen and oxygen atoms in total. The summed E-state index contributed by atoms with van der Waals surface area (Å²) in [5.74, 6) is -11.9. The fourth-order valence-corrected chi connectivity index (χ4v) is 4.32. The monoisotopic (exact) mass is 585 g/mol. The van der Waals surface area contributed by atoms with Crippen LogP contribution in [0, 0.1) is 53.4 Å². The maximum Gasteiger partial charge on any atom is 0.280 e. The van der Waals surface area contributed by atoms with Gasteiger partial charge in [0.25, 0.3) is 5.91 Å². The number of anilines is 1. The lowest BCUT2D eigenvalue weighted by Gasteiger charge is -2.15. The fourth-order valence-electron chi connectivity index (χ4n) is 3.82. The second kappa shape index (κ2) is 8.64. The van der Waals surface area contributed by atoms with Gasteiger partial charge in [-0.05, 0) is 85.7 Å². The number of amides is 1. The van der Waals surface area contributed by atoms with Gasteiger partial charge in [0.1, 0.15) is 5.69 Å². The summed E-state index contributed by atoms with van der Waals surface area (Å²) in [6, 6.07) is 7.81. The number of rotatable bonds is 3. The molecule has 176 valence electrons. The van der Waals surface area contributed by atoms with E-state index in [0.717, 1.165) is 26.2 Å². The van der Waals surface area contributed by atoms with Gasteiger partial charge in [-0.2, -0.15) is 10.1 Å². The van der Waals surface area contributed by atoms with Crippen molar-refractivity contribution in [2.24, 2.45) is 5.10 Å². The molecule has 1 aliphatic rings. The Bertz CT molecular complexity index is 1410. The quantitative estimate of drug-likeness (QED) is 0.114. The molecule has 4 rings (SSSR count). The summed E-state index contributed by atoms with van der Waals surface area (Å²) in [5.41, 5.74) is 2.99. The van der Waals surface area contributed by atoms with Crippen LogP contribution in [0.5, 0.6) is 0 Å². The van der Waals surface area contributed by atoms with Gasteiger partial charge in [0.15, 0.2) is 23.3 Å². The molecule has 2 heterocycles. The summed E-state index contributed by atoms with van der Waals surface area (Å²) in [7, 11) is 0. The number of hydrogen-bond donors (Lipinski definition) is 0. The standard InChI is InChI=1S/C24H17F5IN3O/c1-10-5-6-15(9-17(10)30)32-11(2)7-14(13(32)4)8-16-12(3)31-33(24(16)34)23-21(28)19(26)18(25)20(27)22(23)29/h5-9H,1-4H3/b16-8-. The van der Waals surface area contributed by atoms with Crippen LogP contribution >= 0.6 is 22.6 Å². The van der Waals surface area contributed by atoms with E-state index in [1.165, 1.54) is 13.0 Å². The molecule has 1 aliphatic heterocycles. The molecule has 2 aromatic carbocycles. The molecule has 0 N–H and O–H groups in total. The van der Waals surface area contributed by atoms with Crippen molar-refractivity contribution in [3.05, 3.63) is 85.0 Å². The average molecular weight is 585 g/mol. The van der Waals surface area contributed by atoms with Crippen molar-refractivity contribution in [2.45, 2.75) is 27.7 Å². The molecular weight excluding hydrogens is 568 g/mol. The lowest BCUT2D eigenvalue weighted by molar-refractivity contribution is -0.114. The van der Waals surface area contributed by atoms with E-state index in [1.807, 2.05) is 49.6 Å². The SMILES string of the molecule is CC1=NN(c2c(F)c(F)c(F)c(F)c2F)C(=O)/C1=C\c1cc(C)n(-c2ccc(C)c(I)c2)c1C. The summed E-state index contributed by atoms with van der Waals surface area (Å²) < 4.78 is 72.4. The van der Waals surface area contributed by atoms with Gasteiger partial charge < -0.3 is 4.57 Å². The van der Waals surface area contributed by atoms with Crippen LogP contribution in [0.25, 0.3) is 11.8 Å². The first-order valence-corrected chi connectivity index (χ1v) is 11.1. The summed E-state index contributed by atoms with van der Waals surface area (Å²) >= 11 is 2.24. The minimum Gasteiger partial charge on any atom is -0.318 e. The Morgan fingerprint density at radius 2 is 1.47 bits per heavy atom. The number of carbonyl (C=O) groups is 1.